The quantitative estimate of drug-likeness (QED) is 0.455. The highest BCUT2D eigenvalue weighted by Gasteiger charge is 2.28. The number of carboxylic acid groups (broad SMARTS) is 1. The number of aliphatic carboxylic acids is 1. The summed E-state index contributed by atoms with van der Waals surface area (Å²) in [5.74, 6) is -2.13. The Morgan fingerprint density at radius 3 is 2.38 bits per heavy atom. The highest BCUT2D eigenvalue weighted by molar-refractivity contribution is 5.80. The van der Waals surface area contributed by atoms with Gasteiger partial charge in [0.2, 0.25) is 5.36 Å². The fourth-order valence-electron chi connectivity index (χ4n) is 3.14. The van der Waals surface area contributed by atoms with Crippen molar-refractivity contribution in [1.82, 2.24) is 9.56 Å². The second-order valence-electron chi connectivity index (χ2n) is 6.98. The van der Waals surface area contributed by atoms with Gasteiger partial charge in [0.25, 0.3) is 0 Å². The molecule has 0 spiro atoms. The lowest BCUT2D eigenvalue weighted by Gasteiger charge is -2.33. The molecule has 6 nitrogen and oxygen atoms in total. The summed E-state index contributed by atoms with van der Waals surface area (Å²) in [5.41, 5.74) is 3.96. The van der Waals surface area contributed by atoms with Crippen LogP contribution in [0.3, 0.4) is 0 Å². The van der Waals surface area contributed by atoms with Crippen molar-refractivity contribution in [2.45, 2.75) is 19.0 Å². The van der Waals surface area contributed by atoms with Gasteiger partial charge in [-0.15, -0.1) is 0 Å². The second-order valence-corrected chi connectivity index (χ2v) is 6.98. The first-order valence-corrected chi connectivity index (χ1v) is 9.27. The van der Waals surface area contributed by atoms with E-state index >= 15 is 0 Å². The van der Waals surface area contributed by atoms with Gasteiger partial charge in [-0.1, -0.05) is 0 Å². The fourth-order valence-corrected chi connectivity index (χ4v) is 3.14. The lowest BCUT2D eigenvalue weighted by molar-refractivity contribution is -0.344. The lowest BCUT2D eigenvalue weighted by atomic mass is 10.1. The number of fused-ring (bicyclic) bond motifs is 2. The molecule has 2 saturated heterocycles. The minimum atomic E-state index is -5.19. The number of nitrogens with zero attached hydrogens (tertiary/aromatic N) is 3. The molecule has 1 aliphatic carbocycles. The maximum absolute atomic E-state index is 10.5. The summed E-state index contributed by atoms with van der Waals surface area (Å²) < 4.78 is 40.1. The van der Waals surface area contributed by atoms with Crippen LogP contribution in [0, 0.1) is 0 Å². The van der Waals surface area contributed by atoms with Crippen LogP contribution in [-0.2, 0) is 4.79 Å². The Bertz CT molecular complexity index is 1100. The molecule has 3 aliphatic heterocycles. The molecule has 0 atom stereocenters. The van der Waals surface area contributed by atoms with E-state index in [-0.39, 0.29) is 0 Å². The van der Waals surface area contributed by atoms with Gasteiger partial charge in [0.15, 0.2) is 11.3 Å². The molecule has 29 heavy (non-hydrogen) atoms. The molecule has 0 radical (unpaired) electrons. The molecule has 9 heteroatoms. The van der Waals surface area contributed by atoms with Crippen LogP contribution in [0.1, 0.15) is 12.8 Å². The van der Waals surface area contributed by atoms with Gasteiger partial charge in [0.05, 0.1) is 12.5 Å². The number of rotatable bonds is 1. The van der Waals surface area contributed by atoms with Gasteiger partial charge in [-0.2, -0.15) is 13.2 Å². The predicted molar refractivity (Wildman–Crippen MR) is 98.1 cm³/mol. The van der Waals surface area contributed by atoms with E-state index in [9.17, 15) is 13.2 Å². The third-order valence-corrected chi connectivity index (χ3v) is 5.02. The number of carbonyl (C=O) groups is 1. The number of anilines is 1. The van der Waals surface area contributed by atoms with Gasteiger partial charge in [0, 0.05) is 30.9 Å². The van der Waals surface area contributed by atoms with Crippen LogP contribution in [-0.4, -0.2) is 43.3 Å². The number of hydrogen-bond acceptors (Lipinski definition) is 5. The van der Waals surface area contributed by atoms with Crippen LogP contribution < -0.4 is 19.9 Å². The molecular weight excluding hydrogens is 387 g/mol. The highest BCUT2D eigenvalue weighted by Crippen LogP contribution is 2.28. The van der Waals surface area contributed by atoms with E-state index in [1.54, 1.807) is 0 Å². The van der Waals surface area contributed by atoms with Crippen LogP contribution >= 0.6 is 0 Å². The van der Waals surface area contributed by atoms with Crippen LogP contribution in [0.4, 0.5) is 18.9 Å². The molecule has 0 amide bonds. The molecule has 0 aromatic heterocycles. The summed E-state index contributed by atoms with van der Waals surface area (Å²) >= 11 is 0. The minimum Gasteiger partial charge on any atom is -0.542 e. The Kier molecular flexibility index (Phi) is 4.89. The van der Waals surface area contributed by atoms with Crippen molar-refractivity contribution < 1.29 is 27.5 Å². The van der Waals surface area contributed by atoms with Crippen molar-refractivity contribution in [3.63, 3.8) is 0 Å². The Labute approximate surface area is 163 Å². The number of carbonyl (C=O) groups excluding carboxylic acids is 1. The first kappa shape index (κ1) is 19.2. The van der Waals surface area contributed by atoms with E-state index in [0.29, 0.717) is 0 Å². The van der Waals surface area contributed by atoms with Crippen LogP contribution in [0.25, 0.3) is 22.6 Å². The molecule has 2 fully saturated rings. The predicted octanol–water partition coefficient (Wildman–Crippen LogP) is 1.62. The summed E-state index contributed by atoms with van der Waals surface area (Å²) in [6, 6.07) is 12.7. The number of carboxylic acids is 1. The average Bonchev–Trinajstić information content (AvgIpc) is 2.56. The van der Waals surface area contributed by atoms with Gasteiger partial charge in [-0.3, -0.25) is 0 Å². The van der Waals surface area contributed by atoms with Crippen LogP contribution in [0.2, 0.25) is 0 Å². The monoisotopic (exact) mass is 405 g/mol. The number of halogens is 3. The van der Waals surface area contributed by atoms with Crippen molar-refractivity contribution in [1.29, 1.82) is 0 Å². The van der Waals surface area contributed by atoms with Crippen molar-refractivity contribution in [3.8, 4) is 11.5 Å². The molecule has 0 unspecified atom stereocenters. The van der Waals surface area contributed by atoms with Gasteiger partial charge < -0.3 is 19.2 Å². The lowest BCUT2D eigenvalue weighted by Crippen LogP contribution is -2.40. The Hall–Kier alpha value is -3.10. The number of aromatic nitrogens is 1. The molecule has 0 bridgehead atoms. The van der Waals surface area contributed by atoms with E-state index in [0.717, 1.165) is 48.7 Å². The van der Waals surface area contributed by atoms with E-state index in [1.807, 2.05) is 0 Å². The highest BCUT2D eigenvalue weighted by atomic mass is 19.4. The zero-order valence-electron chi connectivity index (χ0n) is 15.4. The molecule has 5 rings (SSSR count). The van der Waals surface area contributed by atoms with Crippen molar-refractivity contribution in [3.05, 3.63) is 41.8 Å². The molecule has 1 aromatic rings. The number of hydrogen-bond donors (Lipinski definition) is 0. The summed E-state index contributed by atoms with van der Waals surface area (Å²) in [6.07, 6.45) is -2.63. The number of benzene rings is 2. The topological polar surface area (TPSA) is 72.4 Å². The van der Waals surface area contributed by atoms with Crippen molar-refractivity contribution in [2.75, 3.05) is 31.1 Å². The summed E-state index contributed by atoms with van der Waals surface area (Å²) in [6.45, 7) is 4.58. The summed E-state index contributed by atoms with van der Waals surface area (Å²) in [4.78, 5) is 15.9. The van der Waals surface area contributed by atoms with Crippen molar-refractivity contribution >= 4 is 22.8 Å². The van der Waals surface area contributed by atoms with E-state index in [4.69, 9.17) is 19.3 Å². The second kappa shape index (κ2) is 7.38. The first-order chi connectivity index (χ1) is 13.8. The van der Waals surface area contributed by atoms with Gasteiger partial charge in [-0.25, -0.2) is 9.56 Å². The Morgan fingerprint density at radius 1 is 1.10 bits per heavy atom. The van der Waals surface area contributed by atoms with Gasteiger partial charge in [-0.05, 0) is 24.6 Å². The maximum Gasteiger partial charge on any atom is 0.430 e. The number of alkyl halides is 3. The molecular formula is C20H18F3N3O3. The first-order valence-electron chi connectivity index (χ1n) is 9.27. The Balaban J connectivity index is 0.000000255. The molecule has 0 N–H and O–H groups in total. The summed E-state index contributed by atoms with van der Waals surface area (Å²) in [7, 11) is 0. The minimum absolute atomic E-state index is 0.873. The SMILES string of the molecule is O=C([O-])C(F)(F)F.c1cc2nc3ccc(=[N+]4CCC4)cc-3oc2cc1N1CCC1. The van der Waals surface area contributed by atoms with Crippen LogP contribution in [0.15, 0.2) is 40.8 Å². The molecule has 152 valence electrons. The standard InChI is InChI=1S/C18H18N3O.C2HF3O2/c1-7-20(8-1)13-3-5-15-17(11-13)22-18-12-14(21-9-2-10-21)4-6-16(18)19-15;3-2(4,5)1(6)7/h3-6,11-12H,1-2,7-10H2;(H,6,7)/q+1;/p-1. The normalized spacial score (nSPS) is 16.1. The smallest absolute Gasteiger partial charge is 0.430 e. The third-order valence-electron chi connectivity index (χ3n) is 5.02. The van der Waals surface area contributed by atoms with Crippen molar-refractivity contribution in [2.24, 2.45) is 0 Å². The van der Waals surface area contributed by atoms with Gasteiger partial charge >= 0.3 is 6.18 Å². The van der Waals surface area contributed by atoms with Crippen LogP contribution in [0.5, 0.6) is 0 Å². The van der Waals surface area contributed by atoms with E-state index in [2.05, 4.69) is 45.9 Å². The Morgan fingerprint density at radius 2 is 1.83 bits per heavy atom. The molecule has 4 aliphatic rings. The fraction of sp³-hybridized carbons (Fsp3) is 0.350. The molecule has 1 aromatic carbocycles. The average molecular weight is 405 g/mol. The third kappa shape index (κ3) is 4.03. The zero-order valence-corrected chi connectivity index (χ0v) is 15.4. The zero-order chi connectivity index (χ0) is 20.6. The maximum atomic E-state index is 10.5. The van der Waals surface area contributed by atoms with E-state index < -0.39 is 12.1 Å². The molecule has 3 heterocycles. The molecule has 0 saturated carbocycles. The van der Waals surface area contributed by atoms with Gasteiger partial charge in [0.1, 0.15) is 30.3 Å². The largest absolute Gasteiger partial charge is 0.542 e. The van der Waals surface area contributed by atoms with E-state index in [1.165, 1.54) is 23.9 Å². The summed E-state index contributed by atoms with van der Waals surface area (Å²) in [5, 5.41) is 10.0.